The van der Waals surface area contributed by atoms with Crippen LogP contribution in [0.2, 0.25) is 0 Å². The first-order valence-electron chi connectivity index (χ1n) is 13.7. The summed E-state index contributed by atoms with van der Waals surface area (Å²) in [5, 5.41) is 5.25. The summed E-state index contributed by atoms with van der Waals surface area (Å²) in [6.45, 7) is 4.74. The summed E-state index contributed by atoms with van der Waals surface area (Å²) in [7, 11) is 0. The van der Waals surface area contributed by atoms with E-state index in [1.165, 1.54) is 21.9 Å². The normalized spacial score (nSPS) is 32.1. The largest absolute Gasteiger partial charge is 0.335 e. The lowest BCUT2D eigenvalue weighted by molar-refractivity contribution is -0.142. The molecule has 4 aliphatic rings. The predicted molar refractivity (Wildman–Crippen MR) is 149 cm³/mol. The molecule has 3 heterocycles. The van der Waals surface area contributed by atoms with E-state index >= 15 is 0 Å². The summed E-state index contributed by atoms with van der Waals surface area (Å²) in [6, 6.07) is 21.7. The fraction of sp³-hybridized carbons (Fsp3) is 0.484. The van der Waals surface area contributed by atoms with Gasteiger partial charge in [-0.05, 0) is 61.6 Å². The second kappa shape index (κ2) is 10.2. The summed E-state index contributed by atoms with van der Waals surface area (Å²) < 4.78 is 0. The van der Waals surface area contributed by atoms with E-state index in [1.54, 1.807) is 0 Å². The highest BCUT2D eigenvalue weighted by Gasteiger charge is 2.54. The second-order valence-electron chi connectivity index (χ2n) is 10.9. The fourth-order valence-corrected chi connectivity index (χ4v) is 8.48. The number of hydrogen-bond donors (Lipinski definition) is 1. The number of likely N-dealkylation sites (tertiary alicyclic amines) is 1. The molecule has 1 aliphatic carbocycles. The van der Waals surface area contributed by atoms with E-state index in [4.69, 9.17) is 4.99 Å². The number of fused-ring (bicyclic) bond motifs is 2. The van der Waals surface area contributed by atoms with E-state index in [0.29, 0.717) is 17.1 Å². The minimum atomic E-state index is -0.0304. The highest BCUT2D eigenvalue weighted by Crippen LogP contribution is 2.52. The fourth-order valence-electron chi connectivity index (χ4n) is 7.02. The number of hydrogen-bond acceptors (Lipinski definition) is 4. The maximum atomic E-state index is 14.6. The molecule has 0 aromatic heterocycles. The van der Waals surface area contributed by atoms with Crippen LogP contribution in [-0.2, 0) is 4.79 Å². The minimum Gasteiger partial charge on any atom is -0.335 e. The molecule has 1 unspecified atom stereocenters. The third kappa shape index (κ3) is 4.35. The average molecular weight is 500 g/mol. The summed E-state index contributed by atoms with van der Waals surface area (Å²) in [5.74, 6) is 0.858. The van der Waals surface area contributed by atoms with Gasteiger partial charge < -0.3 is 10.2 Å². The van der Waals surface area contributed by atoms with Crippen molar-refractivity contribution < 1.29 is 4.79 Å². The molecule has 0 saturated carbocycles. The first kappa shape index (κ1) is 24.0. The van der Waals surface area contributed by atoms with Crippen LogP contribution in [-0.4, -0.2) is 40.7 Å². The van der Waals surface area contributed by atoms with Crippen LogP contribution in [0.3, 0.4) is 0 Å². The number of aliphatic imine (C=N–C) groups is 1. The summed E-state index contributed by atoms with van der Waals surface area (Å²) >= 11 is 1.92. The Morgan fingerprint density at radius 3 is 2.61 bits per heavy atom. The van der Waals surface area contributed by atoms with Crippen LogP contribution in [0.15, 0.2) is 77.4 Å². The Morgan fingerprint density at radius 1 is 1.11 bits per heavy atom. The van der Waals surface area contributed by atoms with Crippen LogP contribution in [0, 0.1) is 11.3 Å². The molecule has 5 heteroatoms. The molecule has 2 fully saturated rings. The monoisotopic (exact) mass is 499 g/mol. The Bertz CT molecular complexity index is 1150. The number of thioether (sulfide) groups is 1. The van der Waals surface area contributed by atoms with Crippen molar-refractivity contribution in [1.29, 1.82) is 0 Å². The Hall–Kier alpha value is -2.37. The molecule has 3 aliphatic heterocycles. The van der Waals surface area contributed by atoms with Gasteiger partial charge in [0.15, 0.2) is 0 Å². The number of carbonyl (C=O) groups is 1. The van der Waals surface area contributed by atoms with Crippen LogP contribution < -0.4 is 5.32 Å². The molecular weight excluding hydrogens is 462 g/mol. The smallest absolute Gasteiger partial charge is 0.228 e. The molecule has 4 nitrogen and oxygen atoms in total. The van der Waals surface area contributed by atoms with E-state index in [-0.39, 0.29) is 17.4 Å². The maximum Gasteiger partial charge on any atom is 0.228 e. The Kier molecular flexibility index (Phi) is 6.78. The van der Waals surface area contributed by atoms with Crippen molar-refractivity contribution in [2.24, 2.45) is 16.3 Å². The van der Waals surface area contributed by atoms with E-state index in [9.17, 15) is 4.79 Å². The topological polar surface area (TPSA) is 44.7 Å². The van der Waals surface area contributed by atoms with E-state index in [0.717, 1.165) is 58.2 Å². The predicted octanol–water partition coefficient (Wildman–Crippen LogP) is 6.33. The average Bonchev–Trinajstić information content (AvgIpc) is 3.33. The molecule has 2 aromatic carbocycles. The number of rotatable bonds is 4. The van der Waals surface area contributed by atoms with Crippen LogP contribution >= 0.6 is 11.8 Å². The van der Waals surface area contributed by atoms with E-state index < -0.39 is 0 Å². The Balaban J connectivity index is 1.31. The van der Waals surface area contributed by atoms with E-state index in [1.807, 2.05) is 11.8 Å². The summed E-state index contributed by atoms with van der Waals surface area (Å²) in [6.07, 6.45) is 8.65. The molecule has 1 N–H and O–H groups in total. The van der Waals surface area contributed by atoms with Crippen molar-refractivity contribution in [2.75, 3.05) is 19.6 Å². The lowest BCUT2D eigenvalue weighted by Gasteiger charge is -2.45. The number of carbonyl (C=O) groups excluding carboxylic acids is 1. The highest BCUT2D eigenvalue weighted by molar-refractivity contribution is 8.14. The molecule has 2 aromatic rings. The molecule has 0 radical (unpaired) electrons. The van der Waals surface area contributed by atoms with Gasteiger partial charge >= 0.3 is 0 Å². The first-order chi connectivity index (χ1) is 17.7. The second-order valence-corrected chi connectivity index (χ2v) is 12.1. The van der Waals surface area contributed by atoms with E-state index in [2.05, 4.69) is 83.9 Å². The van der Waals surface area contributed by atoms with Crippen LogP contribution in [0.5, 0.6) is 0 Å². The zero-order valence-electron chi connectivity index (χ0n) is 21.2. The van der Waals surface area contributed by atoms with Gasteiger partial charge in [0, 0.05) is 36.0 Å². The van der Waals surface area contributed by atoms with Crippen molar-refractivity contribution in [2.45, 2.75) is 62.7 Å². The third-order valence-corrected chi connectivity index (χ3v) is 10.5. The number of piperidine rings is 1. The van der Waals surface area contributed by atoms with Gasteiger partial charge in [0.05, 0.1) is 17.0 Å². The van der Waals surface area contributed by atoms with Crippen molar-refractivity contribution in [3.05, 3.63) is 83.6 Å². The number of amides is 1. The van der Waals surface area contributed by atoms with Crippen molar-refractivity contribution >= 4 is 22.7 Å². The van der Waals surface area contributed by atoms with Gasteiger partial charge in [0.25, 0.3) is 0 Å². The standard InChI is InChI=1S/C31H37N3OS/c1-2-29-33-25-14-9-16-31(28(19-25)36-29)21-32-20-26(31)30(35)34-17-15-24(22-10-5-3-6-11-22)18-27(34)23-12-7-4-8-13-23/h3-8,10-13,19,24,26-28,32H,2,9,14-18,20-21H2,1H3/t24-,26+,27+,28?,31-/m1/s1. The van der Waals surface area contributed by atoms with Gasteiger partial charge in [0.2, 0.25) is 5.91 Å². The van der Waals surface area contributed by atoms with Gasteiger partial charge in [0.1, 0.15) is 0 Å². The minimum absolute atomic E-state index is 0.0151. The van der Waals surface area contributed by atoms with Crippen LogP contribution in [0.25, 0.3) is 0 Å². The summed E-state index contributed by atoms with van der Waals surface area (Å²) in [4.78, 5) is 21.7. The van der Waals surface area contributed by atoms with Crippen LogP contribution in [0.4, 0.5) is 0 Å². The molecular formula is C31H37N3OS. The maximum absolute atomic E-state index is 14.6. The molecule has 6 rings (SSSR count). The SMILES string of the molecule is CCC1=NC2=CC(S1)[C@]1(CCC2)CNC[C@H]1C(=O)N1CC[C@@H](c2ccccc2)C[C@H]1c1ccccc1. The number of benzene rings is 2. The van der Waals surface area contributed by atoms with Gasteiger partial charge in [-0.3, -0.25) is 9.79 Å². The Labute approximate surface area is 219 Å². The first-order valence-corrected chi connectivity index (χ1v) is 14.6. The molecule has 188 valence electrons. The molecule has 2 bridgehead atoms. The number of allylic oxidation sites excluding steroid dienone is 1. The molecule has 1 spiro atoms. The molecule has 1 amide bonds. The molecule has 2 saturated heterocycles. The lowest BCUT2D eigenvalue weighted by Crippen LogP contribution is -2.50. The van der Waals surface area contributed by atoms with Gasteiger partial charge in [-0.1, -0.05) is 67.6 Å². The summed E-state index contributed by atoms with van der Waals surface area (Å²) in [5.41, 5.74) is 3.88. The zero-order chi connectivity index (χ0) is 24.5. The highest BCUT2D eigenvalue weighted by atomic mass is 32.2. The van der Waals surface area contributed by atoms with Crippen molar-refractivity contribution in [3.8, 4) is 0 Å². The quantitative estimate of drug-likeness (QED) is 0.535. The third-order valence-electron chi connectivity index (χ3n) is 8.95. The molecule has 36 heavy (non-hydrogen) atoms. The van der Waals surface area contributed by atoms with Gasteiger partial charge in [-0.2, -0.15) is 0 Å². The van der Waals surface area contributed by atoms with Gasteiger partial charge in [-0.15, -0.1) is 11.8 Å². The van der Waals surface area contributed by atoms with Crippen LogP contribution in [0.1, 0.15) is 68.5 Å². The zero-order valence-corrected chi connectivity index (χ0v) is 22.1. The van der Waals surface area contributed by atoms with Gasteiger partial charge in [-0.25, -0.2) is 0 Å². The van der Waals surface area contributed by atoms with Crippen molar-refractivity contribution in [3.63, 3.8) is 0 Å². The number of nitrogens with zero attached hydrogens (tertiary/aromatic N) is 2. The Morgan fingerprint density at radius 2 is 1.86 bits per heavy atom. The van der Waals surface area contributed by atoms with Crippen molar-refractivity contribution in [1.82, 2.24) is 10.2 Å². The lowest BCUT2D eigenvalue weighted by atomic mass is 9.71. The molecule has 5 atom stereocenters. The number of nitrogens with one attached hydrogen (secondary N) is 1.